The smallest absolute Gasteiger partial charge is 0.192 e. The first kappa shape index (κ1) is 12.8. The van der Waals surface area contributed by atoms with Gasteiger partial charge >= 0.3 is 0 Å². The van der Waals surface area contributed by atoms with Gasteiger partial charge in [-0.2, -0.15) is 0 Å². The molecule has 4 heterocycles. The number of hydrogen-bond donors (Lipinski definition) is 1. The van der Waals surface area contributed by atoms with Crippen molar-refractivity contribution in [3.05, 3.63) is 35.3 Å². The van der Waals surface area contributed by atoms with Gasteiger partial charge in [0.15, 0.2) is 11.5 Å². The van der Waals surface area contributed by atoms with E-state index >= 15 is 0 Å². The van der Waals surface area contributed by atoms with E-state index in [1.54, 1.807) is 11.3 Å². The Bertz CT molecular complexity index is 769. The summed E-state index contributed by atoms with van der Waals surface area (Å²) in [6.45, 7) is 6.27. The fourth-order valence-corrected chi connectivity index (χ4v) is 3.45. The van der Waals surface area contributed by atoms with Gasteiger partial charge in [-0.1, -0.05) is 0 Å². The van der Waals surface area contributed by atoms with Crippen molar-refractivity contribution in [2.75, 3.05) is 31.1 Å². The summed E-state index contributed by atoms with van der Waals surface area (Å²) in [5.41, 5.74) is 2.14. The van der Waals surface area contributed by atoms with Crippen LogP contribution in [-0.4, -0.2) is 40.8 Å². The molecule has 0 aromatic carbocycles. The number of thiophene rings is 1. The summed E-state index contributed by atoms with van der Waals surface area (Å²) in [6, 6.07) is 8.45. The number of nitrogens with one attached hydrogen (secondary N) is 1. The summed E-state index contributed by atoms with van der Waals surface area (Å²) in [4.78, 5) is 9.47. The van der Waals surface area contributed by atoms with E-state index in [4.69, 9.17) is 0 Å². The summed E-state index contributed by atoms with van der Waals surface area (Å²) in [6.07, 6.45) is 2.00. The molecule has 0 bridgehead atoms. The molecule has 0 saturated carbocycles. The van der Waals surface area contributed by atoms with Gasteiger partial charge in [0.25, 0.3) is 0 Å². The Balaban J connectivity index is 1.71. The molecule has 0 unspecified atom stereocenters. The number of nitrogens with zero attached hydrogens (tertiary/aromatic N) is 4. The molecule has 1 aliphatic heterocycles. The Morgan fingerprint density at radius 2 is 2.05 bits per heavy atom. The van der Waals surface area contributed by atoms with Crippen LogP contribution < -0.4 is 10.2 Å². The average molecular weight is 299 g/mol. The molecule has 0 spiro atoms. The van der Waals surface area contributed by atoms with Crippen molar-refractivity contribution in [2.45, 2.75) is 6.92 Å². The molecule has 3 aromatic rings. The number of piperazine rings is 1. The summed E-state index contributed by atoms with van der Waals surface area (Å²) in [5, 5.41) is 7.94. The lowest BCUT2D eigenvalue weighted by molar-refractivity contribution is 0.589. The molecule has 6 heteroatoms. The van der Waals surface area contributed by atoms with E-state index in [1.807, 2.05) is 10.7 Å². The fourth-order valence-electron chi connectivity index (χ4n) is 2.65. The number of pyridine rings is 1. The molecular formula is C15H17N5S. The van der Waals surface area contributed by atoms with Crippen LogP contribution in [0.4, 0.5) is 5.69 Å². The van der Waals surface area contributed by atoms with Gasteiger partial charge in [-0.25, -0.2) is 9.50 Å². The van der Waals surface area contributed by atoms with E-state index in [9.17, 15) is 0 Å². The SMILES string of the molecule is Cc1ccc(-c2nc3cc(N4CCNCC4)ccn3n2)s1. The molecule has 21 heavy (non-hydrogen) atoms. The van der Waals surface area contributed by atoms with Gasteiger partial charge < -0.3 is 10.2 Å². The lowest BCUT2D eigenvalue weighted by Gasteiger charge is -2.29. The summed E-state index contributed by atoms with van der Waals surface area (Å²) >= 11 is 1.73. The molecule has 0 atom stereocenters. The van der Waals surface area contributed by atoms with Crippen LogP contribution in [0.2, 0.25) is 0 Å². The van der Waals surface area contributed by atoms with Crippen molar-refractivity contribution in [3.63, 3.8) is 0 Å². The van der Waals surface area contributed by atoms with Crippen molar-refractivity contribution >= 4 is 22.7 Å². The first-order valence-electron chi connectivity index (χ1n) is 7.18. The van der Waals surface area contributed by atoms with Gasteiger partial charge in [0.2, 0.25) is 0 Å². The van der Waals surface area contributed by atoms with E-state index in [-0.39, 0.29) is 0 Å². The summed E-state index contributed by atoms with van der Waals surface area (Å²) in [5.74, 6) is 0.811. The number of hydrogen-bond acceptors (Lipinski definition) is 5. The zero-order valence-electron chi connectivity index (χ0n) is 11.9. The molecular weight excluding hydrogens is 282 g/mol. The van der Waals surface area contributed by atoms with Crippen molar-refractivity contribution < 1.29 is 0 Å². The minimum absolute atomic E-state index is 0.811. The first-order valence-corrected chi connectivity index (χ1v) is 8.00. The normalized spacial score (nSPS) is 15.8. The lowest BCUT2D eigenvalue weighted by Crippen LogP contribution is -2.43. The maximum absolute atomic E-state index is 4.67. The number of anilines is 1. The maximum atomic E-state index is 4.67. The van der Waals surface area contributed by atoms with E-state index in [1.165, 1.54) is 10.6 Å². The highest BCUT2D eigenvalue weighted by atomic mass is 32.1. The van der Waals surface area contributed by atoms with Crippen molar-refractivity contribution in [2.24, 2.45) is 0 Å². The van der Waals surface area contributed by atoms with Crippen LogP contribution in [-0.2, 0) is 0 Å². The summed E-state index contributed by atoms with van der Waals surface area (Å²) in [7, 11) is 0. The number of rotatable bonds is 2. The van der Waals surface area contributed by atoms with E-state index in [2.05, 4.69) is 51.5 Å². The molecule has 0 amide bonds. The molecule has 0 radical (unpaired) electrons. The molecule has 4 rings (SSSR count). The fraction of sp³-hybridized carbons (Fsp3) is 0.333. The molecule has 1 fully saturated rings. The quantitative estimate of drug-likeness (QED) is 0.788. The van der Waals surface area contributed by atoms with Gasteiger partial charge in [-0.15, -0.1) is 16.4 Å². The van der Waals surface area contributed by atoms with Gasteiger partial charge in [0.05, 0.1) is 4.88 Å². The molecule has 1 N–H and O–H groups in total. The van der Waals surface area contributed by atoms with Gasteiger partial charge in [0, 0.05) is 49.0 Å². The molecule has 3 aromatic heterocycles. The van der Waals surface area contributed by atoms with Crippen molar-refractivity contribution in [1.82, 2.24) is 19.9 Å². The van der Waals surface area contributed by atoms with Crippen LogP contribution in [0.3, 0.4) is 0 Å². The zero-order valence-corrected chi connectivity index (χ0v) is 12.7. The van der Waals surface area contributed by atoms with Crippen LogP contribution in [0.25, 0.3) is 16.3 Å². The Kier molecular flexibility index (Phi) is 3.12. The van der Waals surface area contributed by atoms with Gasteiger partial charge in [-0.3, -0.25) is 0 Å². The highest BCUT2D eigenvalue weighted by Gasteiger charge is 2.13. The second-order valence-electron chi connectivity index (χ2n) is 5.27. The Hall–Kier alpha value is -1.92. The van der Waals surface area contributed by atoms with Crippen molar-refractivity contribution in [3.8, 4) is 10.7 Å². The van der Waals surface area contributed by atoms with Crippen LogP contribution in [0, 0.1) is 6.92 Å². The van der Waals surface area contributed by atoms with Crippen LogP contribution in [0.5, 0.6) is 0 Å². The summed E-state index contributed by atoms with van der Waals surface area (Å²) < 4.78 is 1.86. The minimum atomic E-state index is 0.811. The van der Waals surface area contributed by atoms with Crippen LogP contribution >= 0.6 is 11.3 Å². The third-order valence-corrected chi connectivity index (χ3v) is 4.76. The molecule has 1 saturated heterocycles. The third kappa shape index (κ3) is 2.41. The standard InChI is InChI=1S/C15H17N5S/c1-11-2-3-13(21-11)15-17-14-10-12(4-7-20(14)18-15)19-8-5-16-6-9-19/h2-4,7,10,16H,5-6,8-9H2,1H3. The second kappa shape index (κ2) is 5.13. The topological polar surface area (TPSA) is 45.5 Å². The highest BCUT2D eigenvalue weighted by molar-refractivity contribution is 7.15. The first-order chi connectivity index (χ1) is 10.3. The molecule has 5 nitrogen and oxygen atoms in total. The minimum Gasteiger partial charge on any atom is -0.369 e. The number of fused-ring (bicyclic) bond motifs is 1. The van der Waals surface area contributed by atoms with E-state index in [0.717, 1.165) is 42.5 Å². The number of aromatic nitrogens is 3. The Morgan fingerprint density at radius 3 is 2.81 bits per heavy atom. The lowest BCUT2D eigenvalue weighted by atomic mass is 10.3. The second-order valence-corrected chi connectivity index (χ2v) is 6.56. The molecule has 0 aliphatic carbocycles. The zero-order chi connectivity index (χ0) is 14.2. The Morgan fingerprint density at radius 1 is 1.19 bits per heavy atom. The van der Waals surface area contributed by atoms with Crippen LogP contribution in [0.1, 0.15) is 4.88 Å². The van der Waals surface area contributed by atoms with Gasteiger partial charge in [0.1, 0.15) is 0 Å². The van der Waals surface area contributed by atoms with Crippen molar-refractivity contribution in [1.29, 1.82) is 0 Å². The monoisotopic (exact) mass is 299 g/mol. The highest BCUT2D eigenvalue weighted by Crippen LogP contribution is 2.26. The van der Waals surface area contributed by atoms with E-state index in [0.29, 0.717) is 0 Å². The maximum Gasteiger partial charge on any atom is 0.192 e. The largest absolute Gasteiger partial charge is 0.369 e. The van der Waals surface area contributed by atoms with Crippen LogP contribution in [0.15, 0.2) is 30.5 Å². The predicted molar refractivity (Wildman–Crippen MR) is 86.1 cm³/mol. The molecule has 108 valence electrons. The molecule has 1 aliphatic rings. The Labute approximate surface area is 127 Å². The third-order valence-electron chi connectivity index (χ3n) is 3.76. The van der Waals surface area contributed by atoms with Gasteiger partial charge in [-0.05, 0) is 25.1 Å². The van der Waals surface area contributed by atoms with E-state index < -0.39 is 0 Å². The number of aryl methyl sites for hydroxylation is 1. The predicted octanol–water partition coefficient (Wildman–Crippen LogP) is 2.18. The average Bonchev–Trinajstić information content (AvgIpc) is 3.13.